The van der Waals surface area contributed by atoms with Crippen LogP contribution < -0.4 is 5.73 Å². The van der Waals surface area contributed by atoms with E-state index in [1.807, 2.05) is 10.9 Å². The Kier molecular flexibility index (Phi) is 7.80. The molecule has 116 valence electrons. The average molecular weight is 281 g/mol. The normalized spacial score (nSPS) is 13.3. The van der Waals surface area contributed by atoms with Gasteiger partial charge in [-0.25, -0.2) is 0 Å². The number of rotatable bonds is 10. The third-order valence-corrected chi connectivity index (χ3v) is 3.50. The van der Waals surface area contributed by atoms with Crippen LogP contribution >= 0.6 is 0 Å². The Hall–Kier alpha value is -0.910. The van der Waals surface area contributed by atoms with E-state index in [4.69, 9.17) is 5.73 Å². The average Bonchev–Trinajstić information content (AvgIpc) is 2.85. The lowest BCUT2D eigenvalue weighted by molar-refractivity contribution is 0.182. The quantitative estimate of drug-likeness (QED) is 0.707. The molecule has 0 aliphatic heterocycles. The minimum absolute atomic E-state index is 0.278. The van der Waals surface area contributed by atoms with Crippen molar-refractivity contribution in [1.82, 2.24) is 19.6 Å². The van der Waals surface area contributed by atoms with Crippen LogP contribution in [0.25, 0.3) is 0 Å². The highest BCUT2D eigenvalue weighted by molar-refractivity contribution is 5.11. The highest BCUT2D eigenvalue weighted by Gasteiger charge is 2.19. The fourth-order valence-electron chi connectivity index (χ4n) is 2.44. The Morgan fingerprint density at radius 2 is 1.95 bits per heavy atom. The van der Waals surface area contributed by atoms with Crippen molar-refractivity contribution in [2.45, 2.75) is 39.3 Å². The van der Waals surface area contributed by atoms with Gasteiger partial charge in [-0.1, -0.05) is 13.8 Å². The molecule has 0 aliphatic rings. The van der Waals surface area contributed by atoms with E-state index in [0.29, 0.717) is 6.54 Å². The molecule has 5 heteroatoms. The molecule has 1 heterocycles. The largest absolute Gasteiger partial charge is 0.329 e. The summed E-state index contributed by atoms with van der Waals surface area (Å²) in [5.41, 5.74) is 7.28. The van der Waals surface area contributed by atoms with Crippen LogP contribution in [0.1, 0.15) is 38.3 Å². The Labute approximate surface area is 123 Å². The maximum atomic E-state index is 6.03. The molecule has 0 fully saturated rings. The highest BCUT2D eigenvalue weighted by Crippen LogP contribution is 2.19. The molecule has 1 unspecified atom stereocenters. The maximum Gasteiger partial charge on any atom is 0.0538 e. The van der Waals surface area contributed by atoms with Crippen LogP contribution in [-0.4, -0.2) is 59.9 Å². The summed E-state index contributed by atoms with van der Waals surface area (Å²) in [6.45, 7) is 9.18. The van der Waals surface area contributed by atoms with Crippen LogP contribution in [0.2, 0.25) is 0 Å². The van der Waals surface area contributed by atoms with E-state index in [1.54, 1.807) is 0 Å². The van der Waals surface area contributed by atoms with Gasteiger partial charge in [0.05, 0.1) is 12.2 Å². The van der Waals surface area contributed by atoms with E-state index in [-0.39, 0.29) is 6.04 Å². The lowest BCUT2D eigenvalue weighted by Gasteiger charge is -2.31. The van der Waals surface area contributed by atoms with Crippen molar-refractivity contribution >= 4 is 0 Å². The van der Waals surface area contributed by atoms with Crippen molar-refractivity contribution < 1.29 is 0 Å². The monoisotopic (exact) mass is 281 g/mol. The molecule has 1 aromatic heterocycles. The molecule has 0 amide bonds. The van der Waals surface area contributed by atoms with E-state index in [9.17, 15) is 0 Å². The van der Waals surface area contributed by atoms with Crippen LogP contribution in [0.4, 0.5) is 0 Å². The van der Waals surface area contributed by atoms with Crippen molar-refractivity contribution in [2.24, 2.45) is 5.73 Å². The summed E-state index contributed by atoms with van der Waals surface area (Å²) >= 11 is 0. The van der Waals surface area contributed by atoms with Gasteiger partial charge < -0.3 is 10.6 Å². The summed E-state index contributed by atoms with van der Waals surface area (Å²) in [5.74, 6) is 0. The van der Waals surface area contributed by atoms with Gasteiger partial charge in [0.15, 0.2) is 0 Å². The number of nitrogens with two attached hydrogens (primary N) is 1. The first-order valence-electron chi connectivity index (χ1n) is 7.73. The van der Waals surface area contributed by atoms with Gasteiger partial charge in [-0.3, -0.25) is 9.58 Å². The predicted molar refractivity (Wildman–Crippen MR) is 84.7 cm³/mol. The molecule has 0 aromatic carbocycles. The minimum atomic E-state index is 0.278. The van der Waals surface area contributed by atoms with Gasteiger partial charge in [0.2, 0.25) is 0 Å². The standard InChI is InChI=1S/C15H31N5/c1-5-7-19(10-9-18(3)4)15(11-16)14-12-17-20(13-14)8-6-2/h12-13,15H,5-11,16H2,1-4H3. The van der Waals surface area contributed by atoms with E-state index < -0.39 is 0 Å². The van der Waals surface area contributed by atoms with Gasteiger partial charge in [0.1, 0.15) is 0 Å². The third kappa shape index (κ3) is 5.23. The molecule has 0 saturated carbocycles. The first-order valence-corrected chi connectivity index (χ1v) is 7.73. The molecule has 5 nitrogen and oxygen atoms in total. The molecular weight excluding hydrogens is 250 g/mol. The molecule has 0 bridgehead atoms. The Morgan fingerprint density at radius 3 is 2.50 bits per heavy atom. The van der Waals surface area contributed by atoms with Crippen LogP contribution in [0.3, 0.4) is 0 Å². The van der Waals surface area contributed by atoms with E-state index in [2.05, 4.69) is 49.0 Å². The number of aryl methyl sites for hydroxylation is 1. The highest BCUT2D eigenvalue weighted by atomic mass is 15.3. The number of hydrogen-bond donors (Lipinski definition) is 1. The van der Waals surface area contributed by atoms with Crippen LogP contribution in [0.15, 0.2) is 12.4 Å². The molecule has 0 aliphatic carbocycles. The topological polar surface area (TPSA) is 50.3 Å². The summed E-state index contributed by atoms with van der Waals surface area (Å²) < 4.78 is 2.02. The van der Waals surface area contributed by atoms with Crippen molar-refractivity contribution in [3.63, 3.8) is 0 Å². The fourth-order valence-corrected chi connectivity index (χ4v) is 2.44. The Balaban J connectivity index is 2.76. The van der Waals surface area contributed by atoms with Gasteiger partial charge in [0.25, 0.3) is 0 Å². The second-order valence-electron chi connectivity index (χ2n) is 5.63. The number of hydrogen-bond acceptors (Lipinski definition) is 4. The SMILES string of the molecule is CCCN(CCN(C)C)C(CN)c1cnn(CCC)c1. The molecule has 0 saturated heterocycles. The zero-order valence-electron chi connectivity index (χ0n) is 13.5. The zero-order valence-corrected chi connectivity index (χ0v) is 13.5. The van der Waals surface area contributed by atoms with Gasteiger partial charge in [-0.2, -0.15) is 5.10 Å². The molecule has 1 rings (SSSR count). The summed E-state index contributed by atoms with van der Waals surface area (Å²) in [4.78, 5) is 4.70. The number of likely N-dealkylation sites (N-methyl/N-ethyl adjacent to an activating group) is 1. The first kappa shape index (κ1) is 17.1. The second kappa shape index (κ2) is 9.10. The summed E-state index contributed by atoms with van der Waals surface area (Å²) in [7, 11) is 4.22. The number of aromatic nitrogens is 2. The Morgan fingerprint density at radius 1 is 1.20 bits per heavy atom. The van der Waals surface area contributed by atoms with Crippen molar-refractivity contribution in [3.8, 4) is 0 Å². The molecule has 1 atom stereocenters. The van der Waals surface area contributed by atoms with Gasteiger partial charge in [-0.05, 0) is 33.5 Å². The number of nitrogens with zero attached hydrogens (tertiary/aromatic N) is 4. The second-order valence-corrected chi connectivity index (χ2v) is 5.63. The van der Waals surface area contributed by atoms with Crippen LogP contribution in [0, 0.1) is 0 Å². The van der Waals surface area contributed by atoms with Crippen LogP contribution in [0.5, 0.6) is 0 Å². The Bertz CT molecular complexity index is 361. The molecule has 2 N–H and O–H groups in total. The summed E-state index contributed by atoms with van der Waals surface area (Å²) in [6.07, 6.45) is 6.38. The third-order valence-electron chi connectivity index (χ3n) is 3.50. The summed E-state index contributed by atoms with van der Waals surface area (Å²) in [6, 6.07) is 0.278. The molecular formula is C15H31N5. The molecule has 0 radical (unpaired) electrons. The minimum Gasteiger partial charge on any atom is -0.329 e. The fraction of sp³-hybridized carbons (Fsp3) is 0.800. The molecule has 0 spiro atoms. The van der Waals surface area contributed by atoms with Crippen molar-refractivity contribution in [2.75, 3.05) is 40.3 Å². The molecule has 1 aromatic rings. The summed E-state index contributed by atoms with van der Waals surface area (Å²) in [5, 5.41) is 4.44. The maximum absolute atomic E-state index is 6.03. The van der Waals surface area contributed by atoms with E-state index in [0.717, 1.165) is 39.0 Å². The lowest BCUT2D eigenvalue weighted by atomic mass is 10.1. The lowest BCUT2D eigenvalue weighted by Crippen LogP contribution is -2.38. The smallest absolute Gasteiger partial charge is 0.0538 e. The van der Waals surface area contributed by atoms with Crippen LogP contribution in [-0.2, 0) is 6.54 Å². The van der Waals surface area contributed by atoms with E-state index >= 15 is 0 Å². The van der Waals surface area contributed by atoms with Gasteiger partial charge >= 0.3 is 0 Å². The predicted octanol–water partition coefficient (Wildman–Crippen LogP) is 1.57. The van der Waals surface area contributed by atoms with Crippen molar-refractivity contribution in [3.05, 3.63) is 18.0 Å². The zero-order chi connectivity index (χ0) is 15.0. The molecule has 20 heavy (non-hydrogen) atoms. The van der Waals surface area contributed by atoms with Crippen molar-refractivity contribution in [1.29, 1.82) is 0 Å². The van der Waals surface area contributed by atoms with Gasteiger partial charge in [0, 0.05) is 37.9 Å². The van der Waals surface area contributed by atoms with E-state index in [1.165, 1.54) is 5.56 Å². The van der Waals surface area contributed by atoms with Gasteiger partial charge in [-0.15, -0.1) is 0 Å². The first-order chi connectivity index (χ1) is 9.62.